The molecule has 0 bridgehead atoms. The molecule has 1 fully saturated rings. The predicted octanol–water partition coefficient (Wildman–Crippen LogP) is 8.92. The number of likely N-dealkylation sites (tertiary alicyclic amines) is 1. The van der Waals surface area contributed by atoms with Gasteiger partial charge in [-0.3, -0.25) is 9.59 Å². The second-order valence-electron chi connectivity index (χ2n) is 11.6. The van der Waals surface area contributed by atoms with E-state index in [0.29, 0.717) is 29.2 Å². The van der Waals surface area contributed by atoms with E-state index < -0.39 is 17.7 Å². The minimum absolute atomic E-state index is 0.0951. The summed E-state index contributed by atoms with van der Waals surface area (Å²) < 4.78 is 11.0. The zero-order valence-electron chi connectivity index (χ0n) is 26.3. The lowest BCUT2D eigenvalue weighted by Crippen LogP contribution is -2.31. The summed E-state index contributed by atoms with van der Waals surface area (Å²) in [4.78, 5) is 28.3. The average molecular weight is 578 g/mol. The van der Waals surface area contributed by atoms with Crippen LogP contribution in [0.3, 0.4) is 0 Å². The van der Waals surface area contributed by atoms with Gasteiger partial charge in [-0.1, -0.05) is 120 Å². The predicted molar refractivity (Wildman–Crippen MR) is 170 cm³/mol. The lowest BCUT2D eigenvalue weighted by Gasteiger charge is -2.27. The third-order valence-corrected chi connectivity index (χ3v) is 8.35. The van der Waals surface area contributed by atoms with Gasteiger partial charge in [0.1, 0.15) is 17.3 Å². The van der Waals surface area contributed by atoms with Gasteiger partial charge in [0.15, 0.2) is 0 Å². The van der Waals surface area contributed by atoms with Crippen molar-refractivity contribution in [2.45, 2.75) is 110 Å². The summed E-state index contributed by atoms with van der Waals surface area (Å²) in [6.45, 7) is 4.66. The van der Waals surface area contributed by atoms with Crippen molar-refractivity contribution in [1.29, 1.82) is 0 Å². The van der Waals surface area contributed by atoms with E-state index in [9.17, 15) is 14.7 Å². The Bertz CT molecular complexity index is 1170. The Balaban J connectivity index is 1.63. The van der Waals surface area contributed by atoms with Crippen molar-refractivity contribution in [2.24, 2.45) is 0 Å². The highest BCUT2D eigenvalue weighted by Crippen LogP contribution is 2.43. The van der Waals surface area contributed by atoms with E-state index in [4.69, 9.17) is 9.47 Å². The van der Waals surface area contributed by atoms with Gasteiger partial charge in [0.25, 0.3) is 11.7 Å². The van der Waals surface area contributed by atoms with Gasteiger partial charge in [-0.25, -0.2) is 0 Å². The maximum absolute atomic E-state index is 13.4. The number of unbranched alkanes of at least 4 members (excludes halogenated alkanes) is 13. The molecule has 2 aromatic rings. The lowest BCUT2D eigenvalue weighted by atomic mass is 9.94. The first-order chi connectivity index (χ1) is 20.4. The molecule has 0 radical (unpaired) electrons. The zero-order chi connectivity index (χ0) is 30.3. The number of aliphatic hydroxyl groups is 1. The first kappa shape index (κ1) is 33.2. The van der Waals surface area contributed by atoms with Gasteiger partial charge in [-0.2, -0.15) is 0 Å². The lowest BCUT2D eigenvalue weighted by molar-refractivity contribution is -0.139. The molecule has 6 nitrogen and oxygen atoms in total. The van der Waals surface area contributed by atoms with Crippen molar-refractivity contribution >= 4 is 17.4 Å². The van der Waals surface area contributed by atoms with Crippen LogP contribution in [-0.2, 0) is 9.59 Å². The quantitative estimate of drug-likeness (QED) is 0.0781. The molecule has 3 rings (SSSR count). The smallest absolute Gasteiger partial charge is 0.295 e. The molecule has 1 unspecified atom stereocenters. The number of ether oxygens (including phenoxy) is 2. The first-order valence-electron chi connectivity index (χ1n) is 16.0. The van der Waals surface area contributed by atoms with Crippen LogP contribution in [0.15, 0.2) is 48.0 Å². The van der Waals surface area contributed by atoms with Crippen molar-refractivity contribution in [2.75, 3.05) is 20.8 Å². The molecule has 0 spiro atoms. The van der Waals surface area contributed by atoms with Crippen molar-refractivity contribution in [3.05, 3.63) is 64.7 Å². The Morgan fingerprint density at radius 1 is 0.762 bits per heavy atom. The number of methoxy groups -OCH3 is 2. The van der Waals surface area contributed by atoms with Crippen molar-refractivity contribution in [3.63, 3.8) is 0 Å². The molecule has 1 aliphatic heterocycles. The molecule has 0 aliphatic carbocycles. The molecule has 6 heteroatoms. The molecule has 1 N–H and O–H groups in total. The summed E-state index contributed by atoms with van der Waals surface area (Å²) >= 11 is 0. The van der Waals surface area contributed by atoms with Crippen LogP contribution < -0.4 is 9.47 Å². The molecule has 1 aliphatic rings. The average Bonchev–Trinajstić information content (AvgIpc) is 3.25. The van der Waals surface area contributed by atoms with Crippen molar-refractivity contribution < 1.29 is 24.2 Å². The van der Waals surface area contributed by atoms with E-state index >= 15 is 0 Å². The highest BCUT2D eigenvalue weighted by atomic mass is 16.5. The van der Waals surface area contributed by atoms with E-state index in [2.05, 4.69) is 6.92 Å². The van der Waals surface area contributed by atoms with Crippen LogP contribution in [0.1, 0.15) is 120 Å². The molecule has 0 aromatic heterocycles. The third kappa shape index (κ3) is 9.11. The number of aryl methyl sites for hydroxylation is 1. The number of aliphatic hydroxyl groups excluding tert-OH is 1. The number of Topliss-reactive ketones (excluding diaryl/α,β-unsaturated/α-hetero) is 1. The second kappa shape index (κ2) is 17.6. The molecule has 1 heterocycles. The molecule has 2 aromatic carbocycles. The van der Waals surface area contributed by atoms with Crippen LogP contribution in [0, 0.1) is 6.92 Å². The Kier molecular flexibility index (Phi) is 13.9. The number of carbonyl (C=O) groups is 2. The zero-order valence-corrected chi connectivity index (χ0v) is 26.3. The van der Waals surface area contributed by atoms with Gasteiger partial charge in [-0.05, 0) is 25.5 Å². The number of hydrogen-bond acceptors (Lipinski definition) is 5. The molecular weight excluding hydrogens is 526 g/mol. The molecular formula is C36H51NO5. The summed E-state index contributed by atoms with van der Waals surface area (Å²) in [6.07, 6.45) is 17.5. The monoisotopic (exact) mass is 577 g/mol. The number of carbonyl (C=O) groups excluding carboxylic acids is 2. The first-order valence-corrected chi connectivity index (χ1v) is 16.0. The van der Waals surface area contributed by atoms with Gasteiger partial charge < -0.3 is 19.5 Å². The van der Waals surface area contributed by atoms with Gasteiger partial charge in [0.05, 0.1) is 25.8 Å². The van der Waals surface area contributed by atoms with Crippen LogP contribution in [0.25, 0.3) is 5.76 Å². The van der Waals surface area contributed by atoms with Gasteiger partial charge in [0, 0.05) is 23.7 Å². The van der Waals surface area contributed by atoms with Crippen LogP contribution in [-0.4, -0.2) is 42.5 Å². The van der Waals surface area contributed by atoms with E-state index in [1.54, 1.807) is 43.4 Å². The number of hydrogen-bond donors (Lipinski definition) is 1. The summed E-state index contributed by atoms with van der Waals surface area (Å²) in [5.74, 6) is -0.303. The summed E-state index contributed by atoms with van der Waals surface area (Å²) in [5.41, 5.74) is 2.29. The van der Waals surface area contributed by atoms with Gasteiger partial charge in [-0.15, -0.1) is 0 Å². The SMILES string of the molecule is CCCCCCCCCCCCCCCCN1C(=O)C(=O)C(=C(O)c2ccc(C)cc2)C1c1ccc(OC)cc1OC. The maximum atomic E-state index is 13.4. The molecule has 42 heavy (non-hydrogen) atoms. The Hall–Kier alpha value is -3.28. The highest BCUT2D eigenvalue weighted by Gasteiger charge is 2.46. The Morgan fingerprint density at radius 3 is 1.83 bits per heavy atom. The fourth-order valence-corrected chi connectivity index (χ4v) is 5.82. The van der Waals surface area contributed by atoms with Crippen LogP contribution in [0.2, 0.25) is 0 Å². The number of nitrogens with zero attached hydrogens (tertiary/aromatic N) is 1. The summed E-state index contributed by atoms with van der Waals surface area (Å²) in [7, 11) is 3.13. The molecule has 1 saturated heterocycles. The number of ketones is 1. The normalized spacial score (nSPS) is 16.3. The third-order valence-electron chi connectivity index (χ3n) is 8.35. The largest absolute Gasteiger partial charge is 0.507 e. The molecule has 1 atom stereocenters. The van der Waals surface area contributed by atoms with E-state index in [-0.39, 0.29) is 11.3 Å². The maximum Gasteiger partial charge on any atom is 0.295 e. The molecule has 0 saturated carbocycles. The van der Waals surface area contributed by atoms with E-state index in [1.807, 2.05) is 25.1 Å². The molecule has 1 amide bonds. The van der Waals surface area contributed by atoms with Crippen LogP contribution >= 0.6 is 0 Å². The summed E-state index contributed by atoms with van der Waals surface area (Å²) in [6, 6.07) is 11.9. The Labute approximate surface area is 253 Å². The second-order valence-corrected chi connectivity index (χ2v) is 11.6. The van der Waals surface area contributed by atoms with Crippen LogP contribution in [0.5, 0.6) is 11.5 Å². The minimum atomic E-state index is -0.742. The number of rotatable bonds is 19. The van der Waals surface area contributed by atoms with Crippen molar-refractivity contribution in [1.82, 2.24) is 4.90 Å². The highest BCUT2D eigenvalue weighted by molar-refractivity contribution is 6.46. The van der Waals surface area contributed by atoms with Crippen molar-refractivity contribution in [3.8, 4) is 11.5 Å². The standard InChI is InChI=1S/C36H51NO5/c1-5-6-7-8-9-10-11-12-13-14-15-16-17-18-25-37-33(30-24-23-29(41-3)26-31(30)42-4)32(35(39)36(37)40)34(38)28-21-19-27(2)20-22-28/h19-24,26,33,38H,5-18,25H2,1-4H3. The minimum Gasteiger partial charge on any atom is -0.507 e. The number of amides is 1. The Morgan fingerprint density at radius 2 is 1.31 bits per heavy atom. The van der Waals surface area contributed by atoms with E-state index in [0.717, 1.165) is 24.8 Å². The fourth-order valence-electron chi connectivity index (χ4n) is 5.82. The number of benzene rings is 2. The fraction of sp³-hybridized carbons (Fsp3) is 0.556. The topological polar surface area (TPSA) is 76.1 Å². The molecule has 230 valence electrons. The van der Waals surface area contributed by atoms with Gasteiger partial charge in [0.2, 0.25) is 0 Å². The van der Waals surface area contributed by atoms with Gasteiger partial charge >= 0.3 is 0 Å². The summed E-state index contributed by atoms with van der Waals surface area (Å²) in [5, 5.41) is 11.3. The van der Waals surface area contributed by atoms with Crippen LogP contribution in [0.4, 0.5) is 0 Å². The van der Waals surface area contributed by atoms with E-state index in [1.165, 1.54) is 70.6 Å².